The molecule has 0 atom stereocenters. The van der Waals surface area contributed by atoms with Crippen molar-refractivity contribution in [3.05, 3.63) is 35.5 Å². The van der Waals surface area contributed by atoms with E-state index in [0.29, 0.717) is 0 Å². The van der Waals surface area contributed by atoms with Crippen molar-refractivity contribution in [1.29, 1.82) is 0 Å². The molecule has 0 aliphatic carbocycles. The zero-order valence-electron chi connectivity index (χ0n) is 12.7. The van der Waals surface area contributed by atoms with Crippen molar-refractivity contribution in [1.82, 2.24) is 4.57 Å². The van der Waals surface area contributed by atoms with Crippen molar-refractivity contribution >= 4 is 10.9 Å². The van der Waals surface area contributed by atoms with Crippen molar-refractivity contribution in [3.8, 4) is 0 Å². The molecule has 0 saturated carbocycles. The van der Waals surface area contributed by atoms with Gasteiger partial charge in [-0.05, 0) is 55.0 Å². The summed E-state index contributed by atoms with van der Waals surface area (Å²) in [6.07, 6.45) is 4.43. The fraction of sp³-hybridized carbons (Fsp3) is 0.529. The number of nitrogens with zero attached hydrogens (tertiary/aromatic N) is 1. The highest BCUT2D eigenvalue weighted by molar-refractivity contribution is 5.85. The van der Waals surface area contributed by atoms with Crippen molar-refractivity contribution in [2.45, 2.75) is 52.5 Å². The molecule has 19 heavy (non-hydrogen) atoms. The van der Waals surface area contributed by atoms with Gasteiger partial charge in [-0.1, -0.05) is 26.8 Å². The smallest absolute Gasteiger partial charge is 0.0483 e. The highest BCUT2D eigenvalue weighted by Crippen LogP contribution is 2.29. The summed E-state index contributed by atoms with van der Waals surface area (Å²) in [7, 11) is 0. The van der Waals surface area contributed by atoms with E-state index in [9.17, 15) is 0 Å². The van der Waals surface area contributed by atoms with Crippen molar-refractivity contribution in [3.63, 3.8) is 0 Å². The summed E-state index contributed by atoms with van der Waals surface area (Å²) in [6.45, 7) is 10.8. The number of aryl methyl sites for hydroxylation is 2. The number of aromatic nitrogens is 1. The maximum atomic E-state index is 5.65. The standard InChI is InChI=1S/C17H26N2/c1-5-19-12-13(7-6-10-18)15-11-14(17(2,3)4)8-9-16(15)19/h8-9,11-12H,5-7,10,18H2,1-4H3. The molecule has 2 nitrogen and oxygen atoms in total. The van der Waals surface area contributed by atoms with Crippen LogP contribution in [0.1, 0.15) is 45.2 Å². The minimum absolute atomic E-state index is 0.202. The molecule has 2 N–H and O–H groups in total. The van der Waals surface area contributed by atoms with Gasteiger partial charge in [0.1, 0.15) is 0 Å². The second-order valence-corrected chi connectivity index (χ2v) is 6.31. The minimum atomic E-state index is 0.202. The van der Waals surface area contributed by atoms with E-state index in [4.69, 9.17) is 5.73 Å². The fourth-order valence-electron chi connectivity index (χ4n) is 2.59. The molecule has 0 bridgehead atoms. The first-order chi connectivity index (χ1) is 8.97. The SMILES string of the molecule is CCn1cc(CCCN)c2cc(C(C)(C)C)ccc21. The predicted molar refractivity (Wildman–Crippen MR) is 83.7 cm³/mol. The molecule has 2 rings (SSSR count). The van der Waals surface area contributed by atoms with Gasteiger partial charge in [-0.25, -0.2) is 0 Å². The molecule has 2 heteroatoms. The van der Waals surface area contributed by atoms with E-state index in [1.54, 1.807) is 0 Å². The van der Waals surface area contributed by atoms with Gasteiger partial charge in [-0.3, -0.25) is 0 Å². The molecule has 0 fully saturated rings. The van der Waals surface area contributed by atoms with Crippen LogP contribution in [0.15, 0.2) is 24.4 Å². The Bertz CT molecular complexity index is 558. The van der Waals surface area contributed by atoms with Gasteiger partial charge in [0.15, 0.2) is 0 Å². The molecule has 1 heterocycles. The van der Waals surface area contributed by atoms with Crippen LogP contribution in [0.4, 0.5) is 0 Å². The normalized spacial score (nSPS) is 12.3. The minimum Gasteiger partial charge on any atom is -0.347 e. The van der Waals surface area contributed by atoms with Gasteiger partial charge in [0.2, 0.25) is 0 Å². The highest BCUT2D eigenvalue weighted by Gasteiger charge is 2.16. The lowest BCUT2D eigenvalue weighted by Gasteiger charge is -2.19. The van der Waals surface area contributed by atoms with E-state index in [0.717, 1.165) is 25.9 Å². The summed E-state index contributed by atoms with van der Waals surface area (Å²) in [5.74, 6) is 0. The van der Waals surface area contributed by atoms with Crippen LogP contribution in [-0.2, 0) is 18.4 Å². The maximum absolute atomic E-state index is 5.65. The zero-order chi connectivity index (χ0) is 14.0. The lowest BCUT2D eigenvalue weighted by molar-refractivity contribution is 0.591. The lowest BCUT2D eigenvalue weighted by atomic mass is 9.86. The number of benzene rings is 1. The Morgan fingerprint density at radius 3 is 2.53 bits per heavy atom. The van der Waals surface area contributed by atoms with Crippen LogP contribution in [0.5, 0.6) is 0 Å². The number of hydrogen-bond acceptors (Lipinski definition) is 1. The summed E-state index contributed by atoms with van der Waals surface area (Å²) < 4.78 is 2.34. The first-order valence-corrected chi connectivity index (χ1v) is 7.29. The van der Waals surface area contributed by atoms with Crippen LogP contribution in [-0.4, -0.2) is 11.1 Å². The van der Waals surface area contributed by atoms with E-state index < -0.39 is 0 Å². The molecular weight excluding hydrogens is 232 g/mol. The second kappa shape index (κ2) is 5.38. The van der Waals surface area contributed by atoms with Crippen LogP contribution >= 0.6 is 0 Å². The van der Waals surface area contributed by atoms with Crippen LogP contribution < -0.4 is 5.73 Å². The molecular formula is C17H26N2. The Kier molecular flexibility index (Phi) is 4.00. The average Bonchev–Trinajstić information content (AvgIpc) is 2.72. The van der Waals surface area contributed by atoms with E-state index in [2.05, 4.69) is 56.7 Å². The molecule has 1 aromatic carbocycles. The van der Waals surface area contributed by atoms with Gasteiger partial charge in [-0.15, -0.1) is 0 Å². The quantitative estimate of drug-likeness (QED) is 0.887. The third kappa shape index (κ3) is 2.84. The zero-order valence-corrected chi connectivity index (χ0v) is 12.7. The molecule has 2 aromatic rings. The number of rotatable bonds is 4. The van der Waals surface area contributed by atoms with Crippen LogP contribution in [0.2, 0.25) is 0 Å². The second-order valence-electron chi connectivity index (χ2n) is 6.31. The summed E-state index contributed by atoms with van der Waals surface area (Å²) in [4.78, 5) is 0. The summed E-state index contributed by atoms with van der Waals surface area (Å²) in [6, 6.07) is 6.90. The fourth-order valence-corrected chi connectivity index (χ4v) is 2.59. The van der Waals surface area contributed by atoms with Crippen LogP contribution in [0.25, 0.3) is 10.9 Å². The van der Waals surface area contributed by atoms with Crippen molar-refractivity contribution < 1.29 is 0 Å². The van der Waals surface area contributed by atoms with Gasteiger partial charge in [0.25, 0.3) is 0 Å². The monoisotopic (exact) mass is 258 g/mol. The Labute approximate surface area is 116 Å². The van der Waals surface area contributed by atoms with E-state index in [-0.39, 0.29) is 5.41 Å². The van der Waals surface area contributed by atoms with Crippen molar-refractivity contribution in [2.24, 2.45) is 5.73 Å². The number of hydrogen-bond donors (Lipinski definition) is 1. The molecule has 1 aromatic heterocycles. The Balaban J connectivity index is 2.54. The van der Waals surface area contributed by atoms with Crippen molar-refractivity contribution in [2.75, 3.05) is 6.54 Å². The summed E-state index contributed by atoms with van der Waals surface area (Å²) in [5.41, 5.74) is 10.0. The van der Waals surface area contributed by atoms with E-state index in [1.807, 2.05) is 0 Å². The molecule has 104 valence electrons. The molecule has 0 amide bonds. The van der Waals surface area contributed by atoms with Gasteiger partial charge in [0.05, 0.1) is 0 Å². The Morgan fingerprint density at radius 2 is 1.95 bits per heavy atom. The third-order valence-corrected chi connectivity index (χ3v) is 3.82. The van der Waals surface area contributed by atoms with E-state index in [1.165, 1.54) is 22.0 Å². The van der Waals surface area contributed by atoms with Gasteiger partial charge in [0, 0.05) is 23.6 Å². The van der Waals surface area contributed by atoms with Crippen LogP contribution in [0, 0.1) is 0 Å². The molecule has 0 aliphatic heterocycles. The molecule has 0 spiro atoms. The summed E-state index contributed by atoms with van der Waals surface area (Å²) in [5, 5.41) is 1.41. The molecule has 0 unspecified atom stereocenters. The Hall–Kier alpha value is -1.28. The van der Waals surface area contributed by atoms with Gasteiger partial charge in [-0.2, -0.15) is 0 Å². The average molecular weight is 258 g/mol. The molecule has 0 radical (unpaired) electrons. The van der Waals surface area contributed by atoms with Gasteiger partial charge >= 0.3 is 0 Å². The maximum Gasteiger partial charge on any atom is 0.0483 e. The number of nitrogens with two attached hydrogens (primary N) is 1. The first kappa shape index (κ1) is 14.1. The number of fused-ring (bicyclic) bond motifs is 1. The Morgan fingerprint density at radius 1 is 1.21 bits per heavy atom. The predicted octanol–water partition coefficient (Wildman–Crippen LogP) is 3.85. The lowest BCUT2D eigenvalue weighted by Crippen LogP contribution is -2.10. The summed E-state index contributed by atoms with van der Waals surface area (Å²) >= 11 is 0. The van der Waals surface area contributed by atoms with E-state index >= 15 is 0 Å². The highest BCUT2D eigenvalue weighted by atomic mass is 14.9. The third-order valence-electron chi connectivity index (χ3n) is 3.82. The van der Waals surface area contributed by atoms with Gasteiger partial charge < -0.3 is 10.3 Å². The molecule has 0 aliphatic rings. The largest absolute Gasteiger partial charge is 0.347 e. The first-order valence-electron chi connectivity index (χ1n) is 7.29. The topological polar surface area (TPSA) is 30.9 Å². The van der Waals surface area contributed by atoms with Crippen LogP contribution in [0.3, 0.4) is 0 Å². The molecule has 0 saturated heterocycles.